The molecule has 0 saturated heterocycles. The molecule has 0 saturated carbocycles. The monoisotopic (exact) mass is 572 g/mol. The molecule has 0 radical (unpaired) electrons. The molecule has 0 aliphatic carbocycles. The predicted molar refractivity (Wildman–Crippen MR) is 149 cm³/mol. The molecule has 0 spiro atoms. The van der Waals surface area contributed by atoms with Gasteiger partial charge in [0.1, 0.15) is 34.8 Å². The summed E-state index contributed by atoms with van der Waals surface area (Å²) in [5, 5.41) is 2.45. The highest BCUT2D eigenvalue weighted by Crippen LogP contribution is 2.61. The average molecular weight is 572 g/mol. The molecule has 0 unspecified atom stereocenters. The molecular formula is C32H17F4O4P. The van der Waals surface area contributed by atoms with E-state index in [2.05, 4.69) is 0 Å². The van der Waals surface area contributed by atoms with Crippen LogP contribution in [-0.4, -0.2) is 4.89 Å². The van der Waals surface area contributed by atoms with Crippen LogP contribution < -0.4 is 9.05 Å². The van der Waals surface area contributed by atoms with Crippen LogP contribution in [0.15, 0.2) is 97.1 Å². The van der Waals surface area contributed by atoms with Crippen molar-refractivity contribution < 1.29 is 36.1 Å². The number of phosphoric acid groups is 1. The molecule has 202 valence electrons. The van der Waals surface area contributed by atoms with Crippen LogP contribution in [-0.2, 0) is 4.57 Å². The minimum Gasteiger partial charge on any atom is -0.394 e. The van der Waals surface area contributed by atoms with E-state index in [4.69, 9.17) is 9.05 Å². The van der Waals surface area contributed by atoms with E-state index in [-0.39, 0.29) is 33.8 Å². The van der Waals surface area contributed by atoms with Gasteiger partial charge < -0.3 is 9.05 Å². The summed E-state index contributed by atoms with van der Waals surface area (Å²) in [7, 11) is -4.97. The van der Waals surface area contributed by atoms with Gasteiger partial charge >= 0.3 is 7.82 Å². The smallest absolute Gasteiger partial charge is 0.394 e. The summed E-state index contributed by atoms with van der Waals surface area (Å²) in [6.45, 7) is 0. The second-order valence-electron chi connectivity index (χ2n) is 9.67. The topological polar surface area (TPSA) is 55.8 Å². The Morgan fingerprint density at radius 3 is 1.29 bits per heavy atom. The lowest BCUT2D eigenvalue weighted by atomic mass is 9.86. The molecule has 1 aliphatic rings. The fourth-order valence-corrected chi connectivity index (χ4v) is 6.32. The Balaban J connectivity index is 1.71. The van der Waals surface area contributed by atoms with E-state index in [0.717, 1.165) is 36.4 Å². The Bertz CT molecular complexity index is 1920. The summed E-state index contributed by atoms with van der Waals surface area (Å²) in [5.74, 6) is -3.65. The van der Waals surface area contributed by atoms with Gasteiger partial charge in [0, 0.05) is 34.4 Å². The highest BCUT2D eigenvalue weighted by Gasteiger charge is 2.37. The van der Waals surface area contributed by atoms with Gasteiger partial charge in [0.15, 0.2) is 0 Å². The van der Waals surface area contributed by atoms with Crippen molar-refractivity contribution in [1.29, 1.82) is 0 Å². The summed E-state index contributed by atoms with van der Waals surface area (Å²) in [6, 6.07) is 23.2. The molecule has 0 amide bonds. The molecule has 0 atom stereocenters. The minimum absolute atomic E-state index is 0.0700. The van der Waals surface area contributed by atoms with E-state index in [9.17, 15) is 27.0 Å². The molecule has 6 aromatic rings. The molecule has 0 aromatic heterocycles. The standard InChI is InChI=1S/C32H17F4O4P/c33-21-9-19(10-22(34)15-21)27-13-17-5-1-3-7-25(17)29-30-26-8-4-2-6-18(26)14-28(20-11-23(35)16-24(36)12-20)32(30)40-41(37,38)39-31(27)29/h1-16H,(H,37,38). The Morgan fingerprint density at radius 2 is 0.902 bits per heavy atom. The second-order valence-corrected chi connectivity index (χ2v) is 11.0. The Morgan fingerprint density at radius 1 is 0.537 bits per heavy atom. The average Bonchev–Trinajstić information content (AvgIpc) is 3.04. The number of phosphoric ester groups is 1. The maximum absolute atomic E-state index is 14.4. The van der Waals surface area contributed by atoms with E-state index in [1.54, 1.807) is 60.7 Å². The van der Waals surface area contributed by atoms with Gasteiger partial charge in [-0.3, -0.25) is 4.89 Å². The van der Waals surface area contributed by atoms with E-state index in [1.165, 1.54) is 0 Å². The van der Waals surface area contributed by atoms with Crippen molar-refractivity contribution in [2.24, 2.45) is 0 Å². The first kappa shape index (κ1) is 25.3. The van der Waals surface area contributed by atoms with E-state index >= 15 is 0 Å². The van der Waals surface area contributed by atoms with E-state index in [0.29, 0.717) is 32.7 Å². The molecule has 0 fully saturated rings. The van der Waals surface area contributed by atoms with Crippen LogP contribution in [0, 0.1) is 23.3 Å². The first-order chi connectivity index (χ1) is 19.7. The van der Waals surface area contributed by atoms with Crippen molar-refractivity contribution in [2.45, 2.75) is 0 Å². The third-order valence-corrected chi connectivity index (χ3v) is 7.84. The molecule has 9 heteroatoms. The number of benzene rings is 6. The zero-order valence-electron chi connectivity index (χ0n) is 20.9. The van der Waals surface area contributed by atoms with Crippen LogP contribution in [0.1, 0.15) is 0 Å². The van der Waals surface area contributed by atoms with E-state index in [1.807, 2.05) is 0 Å². The van der Waals surface area contributed by atoms with Gasteiger partial charge in [-0.2, -0.15) is 0 Å². The van der Waals surface area contributed by atoms with Crippen molar-refractivity contribution in [2.75, 3.05) is 0 Å². The van der Waals surface area contributed by atoms with Gasteiger partial charge in [-0.05, 0) is 69.1 Å². The third-order valence-electron chi connectivity index (χ3n) is 7.01. The van der Waals surface area contributed by atoms with Gasteiger partial charge in [0.05, 0.1) is 0 Å². The van der Waals surface area contributed by atoms with Crippen LogP contribution in [0.3, 0.4) is 0 Å². The molecule has 1 N–H and O–H groups in total. The quantitative estimate of drug-likeness (QED) is 0.166. The maximum atomic E-state index is 14.4. The normalized spacial score (nSPS) is 13.7. The van der Waals surface area contributed by atoms with Gasteiger partial charge in [0.25, 0.3) is 0 Å². The van der Waals surface area contributed by atoms with Crippen LogP contribution >= 0.6 is 7.82 Å². The van der Waals surface area contributed by atoms with Crippen LogP contribution in [0.2, 0.25) is 0 Å². The summed E-state index contributed by atoms with van der Waals surface area (Å²) in [5.41, 5.74) is 1.07. The molecular weight excluding hydrogens is 555 g/mol. The number of halogens is 4. The minimum atomic E-state index is -4.97. The lowest BCUT2D eigenvalue weighted by molar-refractivity contribution is 0.295. The highest BCUT2D eigenvalue weighted by molar-refractivity contribution is 7.48. The van der Waals surface area contributed by atoms with Crippen molar-refractivity contribution in [1.82, 2.24) is 0 Å². The molecule has 1 aliphatic heterocycles. The van der Waals surface area contributed by atoms with Gasteiger partial charge in [-0.1, -0.05) is 48.5 Å². The van der Waals surface area contributed by atoms with Crippen molar-refractivity contribution in [3.63, 3.8) is 0 Å². The first-order valence-electron chi connectivity index (χ1n) is 12.4. The fraction of sp³-hybridized carbons (Fsp3) is 0. The highest BCUT2D eigenvalue weighted by atomic mass is 31.2. The van der Waals surface area contributed by atoms with Crippen molar-refractivity contribution >= 4 is 29.4 Å². The van der Waals surface area contributed by atoms with Crippen LogP contribution in [0.25, 0.3) is 54.9 Å². The molecule has 6 aromatic carbocycles. The predicted octanol–water partition coefficient (Wildman–Crippen LogP) is 9.42. The van der Waals surface area contributed by atoms with Gasteiger partial charge in [-0.15, -0.1) is 0 Å². The molecule has 0 bridgehead atoms. The SMILES string of the molecule is O=P1(O)Oc2c(-c3cc(F)cc(F)c3)cc3ccccc3c2-c2c(c(-c3cc(F)cc(F)c3)cc3ccccc23)O1. The first-order valence-corrected chi connectivity index (χ1v) is 13.9. The van der Waals surface area contributed by atoms with Crippen molar-refractivity contribution in [3.8, 4) is 44.9 Å². The lowest BCUT2D eigenvalue weighted by Crippen LogP contribution is -2.00. The molecule has 41 heavy (non-hydrogen) atoms. The van der Waals surface area contributed by atoms with Crippen molar-refractivity contribution in [3.05, 3.63) is 120 Å². The van der Waals surface area contributed by atoms with E-state index < -0.39 is 31.1 Å². The summed E-state index contributed by atoms with van der Waals surface area (Å²) < 4.78 is 82.4. The van der Waals surface area contributed by atoms with Gasteiger partial charge in [0.2, 0.25) is 0 Å². The zero-order valence-corrected chi connectivity index (χ0v) is 21.8. The largest absolute Gasteiger partial charge is 0.584 e. The van der Waals surface area contributed by atoms with Crippen LogP contribution in [0.5, 0.6) is 11.5 Å². The molecule has 4 nitrogen and oxygen atoms in total. The Labute approximate surface area is 230 Å². The van der Waals surface area contributed by atoms with Crippen LogP contribution in [0.4, 0.5) is 17.6 Å². The summed E-state index contributed by atoms with van der Waals surface area (Å²) in [4.78, 5) is 11.0. The summed E-state index contributed by atoms with van der Waals surface area (Å²) in [6.07, 6.45) is 0. The molecule has 7 rings (SSSR count). The maximum Gasteiger partial charge on any atom is 0.584 e. The fourth-order valence-electron chi connectivity index (χ4n) is 5.44. The Hall–Kier alpha value is -4.65. The number of rotatable bonds is 2. The Kier molecular flexibility index (Phi) is 5.68. The third kappa shape index (κ3) is 4.32. The number of hydrogen-bond acceptors (Lipinski definition) is 3. The number of hydrogen-bond donors (Lipinski definition) is 1. The number of fused-ring (bicyclic) bond motifs is 7. The lowest BCUT2D eigenvalue weighted by Gasteiger charge is -2.18. The van der Waals surface area contributed by atoms with Gasteiger partial charge in [-0.25, -0.2) is 22.1 Å². The second kappa shape index (κ2) is 9.20. The zero-order chi connectivity index (χ0) is 28.5. The molecule has 1 heterocycles. The summed E-state index contributed by atoms with van der Waals surface area (Å²) >= 11 is 0.